The fourth-order valence-electron chi connectivity index (χ4n) is 1.21. The van der Waals surface area contributed by atoms with Crippen molar-refractivity contribution in [2.24, 2.45) is 5.92 Å². The molecular weight excluding hydrogens is 108 g/mol. The van der Waals surface area contributed by atoms with Gasteiger partial charge in [-0.05, 0) is 25.7 Å². The molecule has 9 heavy (non-hydrogen) atoms. The van der Waals surface area contributed by atoms with E-state index in [1.807, 2.05) is 0 Å². The molecule has 0 spiro atoms. The standard InChI is InChI=1S/C9H14/c1-3-9-6-4-5-8(2)7-9/h4-5,7,9H,3,6H2,1-2H3. The molecule has 0 aromatic heterocycles. The van der Waals surface area contributed by atoms with Gasteiger partial charge in [-0.25, -0.2) is 0 Å². The van der Waals surface area contributed by atoms with Crippen molar-refractivity contribution >= 4 is 0 Å². The van der Waals surface area contributed by atoms with Crippen molar-refractivity contribution in [3.8, 4) is 0 Å². The van der Waals surface area contributed by atoms with Gasteiger partial charge in [0.2, 0.25) is 0 Å². The zero-order valence-electron chi connectivity index (χ0n) is 6.22. The highest BCUT2D eigenvalue weighted by Gasteiger charge is 2.02. The average Bonchev–Trinajstić information content (AvgIpc) is 1.88. The molecule has 0 aromatic carbocycles. The molecule has 1 aliphatic carbocycles. The lowest BCUT2D eigenvalue weighted by Crippen LogP contribution is -1.96. The van der Waals surface area contributed by atoms with Crippen LogP contribution in [0.15, 0.2) is 23.8 Å². The molecule has 1 aliphatic rings. The van der Waals surface area contributed by atoms with E-state index < -0.39 is 0 Å². The summed E-state index contributed by atoms with van der Waals surface area (Å²) in [7, 11) is 0. The van der Waals surface area contributed by atoms with Gasteiger partial charge >= 0.3 is 0 Å². The van der Waals surface area contributed by atoms with E-state index >= 15 is 0 Å². The first-order valence-electron chi connectivity index (χ1n) is 3.68. The van der Waals surface area contributed by atoms with E-state index in [1.54, 1.807) is 0 Å². The van der Waals surface area contributed by atoms with Gasteiger partial charge in [0.1, 0.15) is 0 Å². The minimum Gasteiger partial charge on any atom is -0.0837 e. The first-order valence-corrected chi connectivity index (χ1v) is 3.68. The highest BCUT2D eigenvalue weighted by atomic mass is 14.1. The molecule has 1 atom stereocenters. The first-order chi connectivity index (χ1) is 4.33. The van der Waals surface area contributed by atoms with Gasteiger partial charge in [-0.15, -0.1) is 0 Å². The Balaban J connectivity index is 2.55. The van der Waals surface area contributed by atoms with Crippen LogP contribution in [0.2, 0.25) is 0 Å². The molecule has 0 radical (unpaired) electrons. The van der Waals surface area contributed by atoms with Crippen LogP contribution in [0.4, 0.5) is 0 Å². The lowest BCUT2D eigenvalue weighted by molar-refractivity contribution is 0.628. The molecule has 0 fully saturated rings. The molecule has 0 saturated carbocycles. The summed E-state index contributed by atoms with van der Waals surface area (Å²) in [4.78, 5) is 0. The molecule has 1 unspecified atom stereocenters. The SMILES string of the molecule is CCC1C=C(C)C=CC1. The fraction of sp³-hybridized carbons (Fsp3) is 0.556. The average molecular weight is 122 g/mol. The van der Waals surface area contributed by atoms with Crippen LogP contribution >= 0.6 is 0 Å². The first kappa shape index (κ1) is 6.60. The number of hydrogen-bond acceptors (Lipinski definition) is 0. The van der Waals surface area contributed by atoms with E-state index in [9.17, 15) is 0 Å². The minimum atomic E-state index is 0.815. The van der Waals surface area contributed by atoms with Crippen LogP contribution in [0.25, 0.3) is 0 Å². The summed E-state index contributed by atoms with van der Waals surface area (Å²) in [6.07, 6.45) is 9.35. The van der Waals surface area contributed by atoms with Gasteiger partial charge in [0.05, 0.1) is 0 Å². The van der Waals surface area contributed by atoms with Crippen LogP contribution in [-0.4, -0.2) is 0 Å². The smallest absolute Gasteiger partial charge is 0.0196 e. The Kier molecular flexibility index (Phi) is 2.10. The highest BCUT2D eigenvalue weighted by Crippen LogP contribution is 2.18. The maximum Gasteiger partial charge on any atom is -0.0196 e. The Morgan fingerprint density at radius 2 is 2.44 bits per heavy atom. The predicted octanol–water partition coefficient (Wildman–Crippen LogP) is 2.92. The Bertz CT molecular complexity index is 140. The van der Waals surface area contributed by atoms with Crippen molar-refractivity contribution in [3.63, 3.8) is 0 Å². The second-order valence-electron chi connectivity index (χ2n) is 2.72. The topological polar surface area (TPSA) is 0 Å². The predicted molar refractivity (Wildman–Crippen MR) is 41.3 cm³/mol. The van der Waals surface area contributed by atoms with Gasteiger partial charge in [-0.2, -0.15) is 0 Å². The third-order valence-electron chi connectivity index (χ3n) is 1.84. The molecule has 0 amide bonds. The van der Waals surface area contributed by atoms with Gasteiger partial charge in [-0.3, -0.25) is 0 Å². The van der Waals surface area contributed by atoms with Crippen molar-refractivity contribution in [3.05, 3.63) is 23.8 Å². The summed E-state index contributed by atoms with van der Waals surface area (Å²) in [5.74, 6) is 0.815. The number of rotatable bonds is 1. The van der Waals surface area contributed by atoms with Crippen LogP contribution in [0.3, 0.4) is 0 Å². The van der Waals surface area contributed by atoms with E-state index in [4.69, 9.17) is 0 Å². The van der Waals surface area contributed by atoms with Gasteiger partial charge in [0.25, 0.3) is 0 Å². The Labute approximate surface area is 57.3 Å². The van der Waals surface area contributed by atoms with E-state index in [-0.39, 0.29) is 0 Å². The summed E-state index contributed by atoms with van der Waals surface area (Å²) >= 11 is 0. The van der Waals surface area contributed by atoms with E-state index in [1.165, 1.54) is 18.4 Å². The molecule has 1 rings (SSSR count). The van der Waals surface area contributed by atoms with Crippen molar-refractivity contribution < 1.29 is 0 Å². The molecule has 0 heteroatoms. The quantitative estimate of drug-likeness (QED) is 0.501. The summed E-state index contributed by atoms with van der Waals surface area (Å²) in [6.45, 7) is 4.41. The maximum absolute atomic E-state index is 2.36. The lowest BCUT2D eigenvalue weighted by atomic mass is 9.95. The third kappa shape index (κ3) is 1.70. The van der Waals surface area contributed by atoms with Gasteiger partial charge in [0, 0.05) is 0 Å². The Morgan fingerprint density at radius 1 is 1.67 bits per heavy atom. The monoisotopic (exact) mass is 122 g/mol. The second-order valence-corrected chi connectivity index (χ2v) is 2.72. The third-order valence-corrected chi connectivity index (χ3v) is 1.84. The van der Waals surface area contributed by atoms with Gasteiger partial charge in [0.15, 0.2) is 0 Å². The van der Waals surface area contributed by atoms with Gasteiger partial charge < -0.3 is 0 Å². The number of hydrogen-bond donors (Lipinski definition) is 0. The van der Waals surface area contributed by atoms with Crippen LogP contribution in [0, 0.1) is 5.92 Å². The molecule has 0 aliphatic heterocycles. The molecule has 50 valence electrons. The normalized spacial score (nSPS) is 26.0. The van der Waals surface area contributed by atoms with Crippen molar-refractivity contribution in [1.82, 2.24) is 0 Å². The summed E-state index contributed by atoms with van der Waals surface area (Å²) in [6, 6.07) is 0. The maximum atomic E-state index is 2.36. The highest BCUT2D eigenvalue weighted by molar-refractivity contribution is 5.21. The largest absolute Gasteiger partial charge is 0.0837 e. The summed E-state index contributed by atoms with van der Waals surface area (Å²) in [5.41, 5.74) is 1.42. The molecule has 0 nitrogen and oxygen atoms in total. The molecule has 0 aromatic rings. The number of allylic oxidation sites excluding steroid dienone is 4. The summed E-state index contributed by atoms with van der Waals surface area (Å²) < 4.78 is 0. The fourth-order valence-corrected chi connectivity index (χ4v) is 1.21. The van der Waals surface area contributed by atoms with E-state index in [0.29, 0.717) is 0 Å². The van der Waals surface area contributed by atoms with Crippen molar-refractivity contribution in [2.75, 3.05) is 0 Å². The minimum absolute atomic E-state index is 0.815. The van der Waals surface area contributed by atoms with E-state index in [2.05, 4.69) is 32.1 Å². The Hall–Kier alpha value is -0.520. The molecule has 0 saturated heterocycles. The summed E-state index contributed by atoms with van der Waals surface area (Å²) in [5, 5.41) is 0. The zero-order valence-corrected chi connectivity index (χ0v) is 6.22. The molecule has 0 N–H and O–H groups in total. The lowest BCUT2D eigenvalue weighted by Gasteiger charge is -2.11. The van der Waals surface area contributed by atoms with Gasteiger partial charge in [-0.1, -0.05) is 30.7 Å². The van der Waals surface area contributed by atoms with Crippen LogP contribution in [0.1, 0.15) is 26.7 Å². The molecular formula is C9H14. The van der Waals surface area contributed by atoms with Crippen molar-refractivity contribution in [1.29, 1.82) is 0 Å². The van der Waals surface area contributed by atoms with Crippen LogP contribution in [0.5, 0.6) is 0 Å². The second kappa shape index (κ2) is 2.86. The Morgan fingerprint density at radius 3 is 2.89 bits per heavy atom. The molecule has 0 heterocycles. The van der Waals surface area contributed by atoms with Crippen LogP contribution in [-0.2, 0) is 0 Å². The molecule has 0 bridgehead atoms. The zero-order chi connectivity index (χ0) is 6.69. The van der Waals surface area contributed by atoms with E-state index in [0.717, 1.165) is 5.92 Å². The van der Waals surface area contributed by atoms with Crippen molar-refractivity contribution in [2.45, 2.75) is 26.7 Å². The van der Waals surface area contributed by atoms with Crippen LogP contribution < -0.4 is 0 Å².